The SMILES string of the molecule is COc1ccc(-c2cc(C=O)[nH]n2)cc1C(C)C. The van der Waals surface area contributed by atoms with Gasteiger partial charge in [-0.15, -0.1) is 0 Å². The topological polar surface area (TPSA) is 55.0 Å². The molecule has 1 aromatic carbocycles. The molecule has 0 aliphatic carbocycles. The van der Waals surface area contributed by atoms with E-state index in [9.17, 15) is 4.79 Å². The molecule has 0 unspecified atom stereocenters. The van der Waals surface area contributed by atoms with Gasteiger partial charge in [0, 0.05) is 5.56 Å². The van der Waals surface area contributed by atoms with Crippen molar-refractivity contribution in [2.24, 2.45) is 0 Å². The molecule has 18 heavy (non-hydrogen) atoms. The highest BCUT2D eigenvalue weighted by atomic mass is 16.5. The van der Waals surface area contributed by atoms with Gasteiger partial charge < -0.3 is 4.74 Å². The molecule has 0 saturated heterocycles. The van der Waals surface area contributed by atoms with E-state index in [-0.39, 0.29) is 0 Å². The van der Waals surface area contributed by atoms with Gasteiger partial charge in [-0.3, -0.25) is 9.89 Å². The van der Waals surface area contributed by atoms with Crippen LogP contribution in [0.15, 0.2) is 24.3 Å². The Balaban J connectivity index is 2.45. The first-order valence-electron chi connectivity index (χ1n) is 5.84. The fourth-order valence-electron chi connectivity index (χ4n) is 1.89. The lowest BCUT2D eigenvalue weighted by Gasteiger charge is -2.12. The highest BCUT2D eigenvalue weighted by Crippen LogP contribution is 2.30. The molecule has 0 spiro atoms. The van der Waals surface area contributed by atoms with Crippen molar-refractivity contribution in [2.75, 3.05) is 7.11 Å². The van der Waals surface area contributed by atoms with Crippen molar-refractivity contribution >= 4 is 6.29 Å². The summed E-state index contributed by atoms with van der Waals surface area (Å²) in [6.45, 7) is 4.23. The number of carbonyl (C=O) groups is 1. The molecule has 0 fully saturated rings. The Labute approximate surface area is 106 Å². The van der Waals surface area contributed by atoms with Crippen molar-refractivity contribution in [1.82, 2.24) is 10.2 Å². The highest BCUT2D eigenvalue weighted by molar-refractivity contribution is 5.75. The first kappa shape index (κ1) is 12.4. The van der Waals surface area contributed by atoms with Crippen LogP contribution < -0.4 is 4.74 Å². The number of benzene rings is 1. The molecule has 94 valence electrons. The molecule has 0 aliphatic rings. The van der Waals surface area contributed by atoms with Crippen LogP contribution in [0.2, 0.25) is 0 Å². The summed E-state index contributed by atoms with van der Waals surface area (Å²) in [6, 6.07) is 7.66. The first-order valence-corrected chi connectivity index (χ1v) is 5.84. The van der Waals surface area contributed by atoms with Crippen molar-refractivity contribution in [2.45, 2.75) is 19.8 Å². The van der Waals surface area contributed by atoms with Gasteiger partial charge in [-0.05, 0) is 35.7 Å². The molecule has 0 bridgehead atoms. The van der Waals surface area contributed by atoms with E-state index in [2.05, 4.69) is 24.0 Å². The Morgan fingerprint density at radius 3 is 2.67 bits per heavy atom. The summed E-state index contributed by atoms with van der Waals surface area (Å²) in [7, 11) is 1.67. The van der Waals surface area contributed by atoms with Crippen molar-refractivity contribution in [3.8, 4) is 17.0 Å². The summed E-state index contributed by atoms with van der Waals surface area (Å²) in [6.07, 6.45) is 0.753. The molecule has 1 heterocycles. The Kier molecular flexibility index (Phi) is 3.46. The Bertz CT molecular complexity index is 559. The number of rotatable bonds is 4. The van der Waals surface area contributed by atoms with E-state index < -0.39 is 0 Å². The Hall–Kier alpha value is -2.10. The smallest absolute Gasteiger partial charge is 0.167 e. The molecule has 1 N–H and O–H groups in total. The number of hydrogen-bond acceptors (Lipinski definition) is 3. The van der Waals surface area contributed by atoms with Gasteiger partial charge >= 0.3 is 0 Å². The number of aldehydes is 1. The maximum absolute atomic E-state index is 10.6. The van der Waals surface area contributed by atoms with E-state index >= 15 is 0 Å². The standard InChI is InChI=1S/C14H16N2O2/c1-9(2)12-6-10(4-5-14(12)18-3)13-7-11(8-17)15-16-13/h4-9H,1-3H3,(H,15,16). The average molecular weight is 244 g/mol. The van der Waals surface area contributed by atoms with Crippen LogP contribution in [-0.2, 0) is 0 Å². The number of aromatic nitrogens is 2. The fourth-order valence-corrected chi connectivity index (χ4v) is 1.89. The van der Waals surface area contributed by atoms with Gasteiger partial charge in [0.15, 0.2) is 6.29 Å². The molecule has 0 amide bonds. The summed E-state index contributed by atoms with van der Waals surface area (Å²) >= 11 is 0. The van der Waals surface area contributed by atoms with Gasteiger partial charge in [-0.2, -0.15) is 5.10 Å². The molecule has 0 saturated carbocycles. The first-order chi connectivity index (χ1) is 8.65. The monoisotopic (exact) mass is 244 g/mol. The van der Waals surface area contributed by atoms with Gasteiger partial charge in [0.1, 0.15) is 5.75 Å². The second-order valence-electron chi connectivity index (χ2n) is 4.44. The number of methoxy groups -OCH3 is 1. The van der Waals surface area contributed by atoms with Gasteiger partial charge in [-0.1, -0.05) is 13.8 Å². The van der Waals surface area contributed by atoms with Crippen LogP contribution in [-0.4, -0.2) is 23.6 Å². The normalized spacial score (nSPS) is 10.7. The van der Waals surface area contributed by atoms with Gasteiger partial charge in [0.25, 0.3) is 0 Å². The zero-order chi connectivity index (χ0) is 13.1. The molecular weight excluding hydrogens is 228 g/mol. The minimum Gasteiger partial charge on any atom is -0.496 e. The molecule has 0 aliphatic heterocycles. The molecule has 1 aromatic heterocycles. The quantitative estimate of drug-likeness (QED) is 0.841. The second-order valence-corrected chi connectivity index (χ2v) is 4.44. The third-order valence-corrected chi connectivity index (χ3v) is 2.87. The summed E-state index contributed by atoms with van der Waals surface area (Å²) in [5.41, 5.74) is 3.35. The van der Waals surface area contributed by atoms with Crippen LogP contribution in [0, 0.1) is 0 Å². The van der Waals surface area contributed by atoms with Crippen LogP contribution >= 0.6 is 0 Å². The van der Waals surface area contributed by atoms with Crippen LogP contribution in [0.25, 0.3) is 11.3 Å². The predicted octanol–water partition coefficient (Wildman–Crippen LogP) is 3.02. The Morgan fingerprint density at radius 2 is 2.11 bits per heavy atom. The summed E-state index contributed by atoms with van der Waals surface area (Å²) < 4.78 is 5.34. The molecule has 2 rings (SSSR count). The molecule has 2 aromatic rings. The lowest BCUT2D eigenvalue weighted by Crippen LogP contribution is -1.94. The second kappa shape index (κ2) is 5.04. The van der Waals surface area contributed by atoms with E-state index in [1.807, 2.05) is 18.2 Å². The van der Waals surface area contributed by atoms with Crippen LogP contribution in [0.1, 0.15) is 35.8 Å². The van der Waals surface area contributed by atoms with Crippen LogP contribution in [0.5, 0.6) is 5.75 Å². The molecule has 4 nitrogen and oxygen atoms in total. The maximum Gasteiger partial charge on any atom is 0.167 e. The van der Waals surface area contributed by atoms with E-state index in [4.69, 9.17) is 4.74 Å². The highest BCUT2D eigenvalue weighted by Gasteiger charge is 2.11. The van der Waals surface area contributed by atoms with E-state index in [1.165, 1.54) is 0 Å². The number of H-pyrrole nitrogens is 1. The van der Waals surface area contributed by atoms with Crippen LogP contribution in [0.3, 0.4) is 0 Å². The zero-order valence-corrected chi connectivity index (χ0v) is 10.7. The van der Waals surface area contributed by atoms with Crippen molar-refractivity contribution in [3.63, 3.8) is 0 Å². The minimum absolute atomic E-state index is 0.365. The van der Waals surface area contributed by atoms with Gasteiger partial charge in [0.2, 0.25) is 0 Å². The fraction of sp³-hybridized carbons (Fsp3) is 0.286. The number of nitrogens with zero attached hydrogens (tertiary/aromatic N) is 1. The lowest BCUT2D eigenvalue weighted by molar-refractivity contribution is 0.111. The average Bonchev–Trinajstić information content (AvgIpc) is 2.86. The van der Waals surface area contributed by atoms with Crippen LogP contribution in [0.4, 0.5) is 0 Å². The third kappa shape index (κ3) is 2.27. The summed E-state index contributed by atoms with van der Waals surface area (Å²) in [4.78, 5) is 10.6. The lowest BCUT2D eigenvalue weighted by atomic mass is 9.98. The van der Waals surface area contributed by atoms with Crippen molar-refractivity contribution in [1.29, 1.82) is 0 Å². The minimum atomic E-state index is 0.365. The summed E-state index contributed by atoms with van der Waals surface area (Å²) in [5, 5.41) is 6.80. The molecular formula is C14H16N2O2. The molecule has 0 atom stereocenters. The predicted molar refractivity (Wildman–Crippen MR) is 70.1 cm³/mol. The number of hydrogen-bond donors (Lipinski definition) is 1. The number of ether oxygens (including phenoxy) is 1. The number of carbonyl (C=O) groups excluding carboxylic acids is 1. The zero-order valence-electron chi connectivity index (χ0n) is 10.7. The maximum atomic E-state index is 10.6. The van der Waals surface area contributed by atoms with Crippen molar-refractivity contribution < 1.29 is 9.53 Å². The van der Waals surface area contributed by atoms with Gasteiger partial charge in [-0.25, -0.2) is 0 Å². The number of nitrogens with one attached hydrogen (secondary N) is 1. The third-order valence-electron chi connectivity index (χ3n) is 2.87. The Morgan fingerprint density at radius 1 is 1.33 bits per heavy atom. The van der Waals surface area contributed by atoms with Crippen molar-refractivity contribution in [3.05, 3.63) is 35.5 Å². The number of aromatic amines is 1. The molecule has 4 heteroatoms. The van der Waals surface area contributed by atoms with Gasteiger partial charge in [0.05, 0.1) is 18.5 Å². The molecule has 0 radical (unpaired) electrons. The largest absolute Gasteiger partial charge is 0.496 e. The van der Waals surface area contributed by atoms with E-state index in [1.54, 1.807) is 13.2 Å². The van der Waals surface area contributed by atoms with E-state index in [0.717, 1.165) is 28.9 Å². The van der Waals surface area contributed by atoms with E-state index in [0.29, 0.717) is 11.6 Å². The summed E-state index contributed by atoms with van der Waals surface area (Å²) in [5.74, 6) is 1.24.